The quantitative estimate of drug-likeness (QED) is 0.118. The van der Waals surface area contributed by atoms with Gasteiger partial charge in [-0.15, -0.1) is 0 Å². The van der Waals surface area contributed by atoms with E-state index in [9.17, 15) is 0 Å². The summed E-state index contributed by atoms with van der Waals surface area (Å²) < 4.78 is 2.49. The molecular formula is C56H39NSi. The molecule has 1 heterocycles. The Morgan fingerprint density at radius 2 is 0.793 bits per heavy atom. The van der Waals surface area contributed by atoms with Gasteiger partial charge in [-0.2, -0.15) is 0 Å². The fourth-order valence-electron chi connectivity index (χ4n) is 11.0. The van der Waals surface area contributed by atoms with Crippen LogP contribution in [0.5, 0.6) is 0 Å². The van der Waals surface area contributed by atoms with Gasteiger partial charge in [-0.05, 0) is 77.9 Å². The summed E-state index contributed by atoms with van der Waals surface area (Å²) in [5, 5.41) is 8.25. The lowest BCUT2D eigenvalue weighted by Crippen LogP contribution is -2.75. The van der Waals surface area contributed by atoms with E-state index in [4.69, 9.17) is 0 Å². The van der Waals surface area contributed by atoms with E-state index in [1.54, 1.807) is 0 Å². The normalized spacial score (nSPS) is 15.2. The molecule has 2 unspecified atom stereocenters. The Kier molecular flexibility index (Phi) is 7.45. The maximum atomic E-state index is 2.50. The molecule has 13 rings (SSSR count). The van der Waals surface area contributed by atoms with Crippen molar-refractivity contribution < 1.29 is 0 Å². The van der Waals surface area contributed by atoms with Gasteiger partial charge >= 0.3 is 0 Å². The second kappa shape index (κ2) is 13.0. The first-order valence-electron chi connectivity index (χ1n) is 20.4. The van der Waals surface area contributed by atoms with Crippen LogP contribution in [0, 0.1) is 0 Å². The minimum absolute atomic E-state index is 0.0476. The lowest BCUT2D eigenvalue weighted by atomic mass is 9.60. The SMILES string of the molecule is c1ccc(-n2c3ccccc3c3cccc(-c4cccc5c4C4c6ccccc6C5c5cccc([Si](c6ccccc6)(c6ccccc6)c6ccccc6)c54)c32)cc1. The molecule has 58 heavy (non-hydrogen) atoms. The van der Waals surface area contributed by atoms with Crippen LogP contribution in [0.25, 0.3) is 38.6 Å². The molecule has 2 heteroatoms. The summed E-state index contributed by atoms with van der Waals surface area (Å²) in [4.78, 5) is 0. The van der Waals surface area contributed by atoms with Gasteiger partial charge in [-0.25, -0.2) is 0 Å². The third kappa shape index (κ3) is 4.58. The van der Waals surface area contributed by atoms with Crippen molar-refractivity contribution in [2.75, 3.05) is 0 Å². The summed E-state index contributed by atoms with van der Waals surface area (Å²) in [7, 11) is -2.88. The highest BCUT2D eigenvalue weighted by molar-refractivity contribution is 7.20. The Balaban J connectivity index is 1.21. The van der Waals surface area contributed by atoms with Crippen molar-refractivity contribution in [3.8, 4) is 16.8 Å². The van der Waals surface area contributed by atoms with Crippen LogP contribution in [0.4, 0.5) is 0 Å². The Bertz CT molecular complexity index is 3070. The number of para-hydroxylation sites is 3. The van der Waals surface area contributed by atoms with E-state index in [0.29, 0.717) is 0 Å². The zero-order valence-electron chi connectivity index (χ0n) is 32.0. The highest BCUT2D eigenvalue weighted by Gasteiger charge is 2.49. The van der Waals surface area contributed by atoms with Gasteiger partial charge in [0.2, 0.25) is 0 Å². The Morgan fingerprint density at radius 3 is 1.45 bits per heavy atom. The van der Waals surface area contributed by atoms with Crippen molar-refractivity contribution in [3.63, 3.8) is 0 Å². The summed E-state index contributed by atoms with van der Waals surface area (Å²) in [5.41, 5.74) is 14.9. The van der Waals surface area contributed by atoms with Gasteiger partial charge in [0.15, 0.2) is 8.07 Å². The maximum absolute atomic E-state index is 2.88. The molecule has 0 saturated carbocycles. The number of hydrogen-bond donors (Lipinski definition) is 0. The minimum atomic E-state index is -2.88. The van der Waals surface area contributed by atoms with Gasteiger partial charge < -0.3 is 4.57 Å². The summed E-state index contributed by atoms with van der Waals surface area (Å²) in [6, 6.07) is 84.7. The molecule has 2 bridgehead atoms. The van der Waals surface area contributed by atoms with E-state index < -0.39 is 8.07 Å². The number of fused-ring (bicyclic) bond motifs is 3. The second-order valence-corrected chi connectivity index (χ2v) is 19.6. The van der Waals surface area contributed by atoms with Gasteiger partial charge in [-0.1, -0.05) is 206 Å². The molecule has 0 fully saturated rings. The van der Waals surface area contributed by atoms with Crippen LogP contribution in [0.15, 0.2) is 224 Å². The molecule has 1 nitrogen and oxygen atoms in total. The number of hydrogen-bond acceptors (Lipinski definition) is 0. The molecule has 0 spiro atoms. The van der Waals surface area contributed by atoms with Crippen molar-refractivity contribution in [2.24, 2.45) is 0 Å². The predicted octanol–water partition coefficient (Wildman–Crippen LogP) is 10.8. The molecule has 1 aromatic heterocycles. The van der Waals surface area contributed by atoms with Crippen LogP contribution in [-0.2, 0) is 0 Å². The Labute approximate surface area is 340 Å². The highest BCUT2D eigenvalue weighted by atomic mass is 28.3. The van der Waals surface area contributed by atoms with Crippen LogP contribution < -0.4 is 20.7 Å². The molecule has 2 atom stereocenters. The zero-order chi connectivity index (χ0) is 38.2. The number of benzene rings is 9. The number of aromatic nitrogens is 1. The first-order chi connectivity index (χ1) is 28.8. The highest BCUT2D eigenvalue weighted by Crippen LogP contribution is 2.58. The van der Waals surface area contributed by atoms with Crippen molar-refractivity contribution in [3.05, 3.63) is 258 Å². The van der Waals surface area contributed by atoms with Gasteiger partial charge in [0.1, 0.15) is 0 Å². The molecule has 3 aliphatic rings. The molecular weight excluding hydrogens is 715 g/mol. The summed E-state index contributed by atoms with van der Waals surface area (Å²) in [5.74, 6) is 0.172. The van der Waals surface area contributed by atoms with Crippen LogP contribution >= 0.6 is 0 Å². The van der Waals surface area contributed by atoms with Gasteiger partial charge in [0.25, 0.3) is 0 Å². The largest absolute Gasteiger partial charge is 0.309 e. The van der Waals surface area contributed by atoms with Gasteiger partial charge in [0, 0.05) is 33.9 Å². The van der Waals surface area contributed by atoms with E-state index >= 15 is 0 Å². The first-order valence-corrected chi connectivity index (χ1v) is 22.4. The summed E-state index contributed by atoms with van der Waals surface area (Å²) in [6.07, 6.45) is 0. The van der Waals surface area contributed by atoms with E-state index in [1.807, 2.05) is 0 Å². The second-order valence-electron chi connectivity index (χ2n) is 15.8. The van der Waals surface area contributed by atoms with Crippen LogP contribution in [-0.4, -0.2) is 12.6 Å². The minimum Gasteiger partial charge on any atom is -0.309 e. The summed E-state index contributed by atoms with van der Waals surface area (Å²) >= 11 is 0. The van der Waals surface area contributed by atoms with E-state index in [2.05, 4.69) is 229 Å². The monoisotopic (exact) mass is 753 g/mol. The van der Waals surface area contributed by atoms with Crippen LogP contribution in [0.3, 0.4) is 0 Å². The van der Waals surface area contributed by atoms with Crippen molar-refractivity contribution in [2.45, 2.75) is 11.8 Å². The van der Waals surface area contributed by atoms with Gasteiger partial charge in [0.05, 0.1) is 11.0 Å². The lowest BCUT2D eigenvalue weighted by Gasteiger charge is -2.47. The standard InChI is InChI=1S/C56H39NSi/c1-5-20-38(21-6-1)57-50-36-16-15-28-42(50)46-32-18-33-47(56(46)57)45-31-17-34-48-52-43-29-13-14-30-44(43)55(53(45)48)54-49(52)35-19-37-51(54)58(39-22-7-2-8-23-39,40-24-9-3-10-25-40)41-26-11-4-12-27-41/h1-37,52,55H. The average Bonchev–Trinajstić information content (AvgIpc) is 3.65. The third-order valence-electron chi connectivity index (χ3n) is 13.1. The zero-order valence-corrected chi connectivity index (χ0v) is 33.0. The predicted molar refractivity (Wildman–Crippen MR) is 245 cm³/mol. The van der Waals surface area contributed by atoms with Gasteiger partial charge in [-0.3, -0.25) is 0 Å². The topological polar surface area (TPSA) is 4.93 Å². The average molecular weight is 754 g/mol. The maximum Gasteiger partial charge on any atom is 0.179 e. The third-order valence-corrected chi connectivity index (χ3v) is 18.0. The van der Waals surface area contributed by atoms with Crippen LogP contribution in [0.1, 0.15) is 45.2 Å². The summed E-state index contributed by atoms with van der Waals surface area (Å²) in [6.45, 7) is 0. The first kappa shape index (κ1) is 33.2. The molecule has 0 N–H and O–H groups in total. The van der Waals surface area contributed by atoms with Crippen molar-refractivity contribution >= 4 is 50.6 Å². The Morgan fingerprint density at radius 1 is 0.328 bits per heavy atom. The molecule has 0 radical (unpaired) electrons. The molecule has 3 aliphatic carbocycles. The molecule has 0 saturated heterocycles. The Hall–Kier alpha value is -7.00. The van der Waals surface area contributed by atoms with E-state index in [-0.39, 0.29) is 11.8 Å². The van der Waals surface area contributed by atoms with Crippen LogP contribution in [0.2, 0.25) is 0 Å². The molecule has 10 aromatic rings. The van der Waals surface area contributed by atoms with Crippen molar-refractivity contribution in [1.29, 1.82) is 0 Å². The van der Waals surface area contributed by atoms with E-state index in [0.717, 1.165) is 0 Å². The molecule has 0 amide bonds. The number of nitrogens with zero attached hydrogens (tertiary/aromatic N) is 1. The smallest absolute Gasteiger partial charge is 0.179 e. The molecule has 0 aliphatic heterocycles. The number of rotatable bonds is 6. The fraction of sp³-hybridized carbons (Fsp3) is 0.0357. The fourth-order valence-corrected chi connectivity index (χ4v) is 16.0. The lowest BCUT2D eigenvalue weighted by molar-refractivity contribution is 0.760. The van der Waals surface area contributed by atoms with Crippen molar-refractivity contribution in [1.82, 2.24) is 4.57 Å². The molecule has 9 aromatic carbocycles. The molecule has 272 valence electrons. The van der Waals surface area contributed by atoms with E-state index in [1.165, 1.54) is 92.7 Å².